The van der Waals surface area contributed by atoms with Crippen LogP contribution in [0.15, 0.2) is 36.5 Å². The third kappa shape index (κ3) is 1.85. The summed E-state index contributed by atoms with van der Waals surface area (Å²) in [6, 6.07) is 8.89. The Kier molecular flexibility index (Phi) is 2.43. The highest BCUT2D eigenvalue weighted by atomic mass is 16.4. The Bertz CT molecular complexity index is 490. The Balaban J connectivity index is 2.32. The molecule has 0 spiro atoms. The molecule has 0 radical (unpaired) electrons. The zero-order chi connectivity index (χ0) is 10.8. The molecule has 0 aliphatic heterocycles. The van der Waals surface area contributed by atoms with Gasteiger partial charge in [-0.3, -0.25) is 4.79 Å². The van der Waals surface area contributed by atoms with E-state index in [-0.39, 0.29) is 0 Å². The fourth-order valence-corrected chi connectivity index (χ4v) is 1.59. The fourth-order valence-electron chi connectivity index (χ4n) is 1.59. The van der Waals surface area contributed by atoms with Crippen molar-refractivity contribution in [2.75, 3.05) is 0 Å². The third-order valence-electron chi connectivity index (χ3n) is 2.39. The van der Waals surface area contributed by atoms with Crippen molar-refractivity contribution in [2.24, 2.45) is 5.73 Å². The lowest BCUT2D eigenvalue weighted by Crippen LogP contribution is -2.34. The van der Waals surface area contributed by atoms with E-state index in [9.17, 15) is 4.79 Å². The van der Waals surface area contributed by atoms with Crippen molar-refractivity contribution < 1.29 is 9.90 Å². The van der Waals surface area contributed by atoms with Crippen LogP contribution in [0.3, 0.4) is 0 Å². The standard InChI is InChI=1S/C11H12N2O2/c12-9(11(14)15)7-13-6-5-8-3-1-2-4-10(8)13/h1-6,9H,7,12H2,(H,14,15). The van der Waals surface area contributed by atoms with E-state index in [0.717, 1.165) is 10.9 Å². The minimum atomic E-state index is -0.979. The van der Waals surface area contributed by atoms with Crippen LogP contribution in [-0.4, -0.2) is 21.7 Å². The van der Waals surface area contributed by atoms with Gasteiger partial charge in [0.25, 0.3) is 0 Å². The molecule has 1 aromatic carbocycles. The van der Waals surface area contributed by atoms with Gasteiger partial charge < -0.3 is 15.4 Å². The second kappa shape index (κ2) is 3.74. The Labute approximate surface area is 86.9 Å². The number of aliphatic carboxylic acids is 1. The minimum absolute atomic E-state index is 0.294. The molecule has 0 bridgehead atoms. The zero-order valence-corrected chi connectivity index (χ0v) is 8.13. The molecule has 4 heteroatoms. The van der Waals surface area contributed by atoms with Gasteiger partial charge in [0.1, 0.15) is 6.04 Å². The number of hydrogen-bond acceptors (Lipinski definition) is 2. The van der Waals surface area contributed by atoms with Gasteiger partial charge in [-0.25, -0.2) is 0 Å². The van der Waals surface area contributed by atoms with Gasteiger partial charge in [-0.05, 0) is 17.5 Å². The first-order valence-electron chi connectivity index (χ1n) is 4.71. The number of para-hydroxylation sites is 1. The van der Waals surface area contributed by atoms with E-state index in [1.807, 2.05) is 41.1 Å². The van der Waals surface area contributed by atoms with Gasteiger partial charge in [-0.2, -0.15) is 0 Å². The second-order valence-corrected chi connectivity index (χ2v) is 3.47. The van der Waals surface area contributed by atoms with Crippen molar-refractivity contribution >= 4 is 16.9 Å². The van der Waals surface area contributed by atoms with E-state index in [1.165, 1.54) is 0 Å². The smallest absolute Gasteiger partial charge is 0.322 e. The number of aromatic nitrogens is 1. The number of fused-ring (bicyclic) bond motifs is 1. The number of carbonyl (C=O) groups is 1. The summed E-state index contributed by atoms with van der Waals surface area (Å²) in [6.07, 6.45) is 1.85. The summed E-state index contributed by atoms with van der Waals surface area (Å²) in [4.78, 5) is 10.6. The predicted molar refractivity (Wildman–Crippen MR) is 57.5 cm³/mol. The maximum absolute atomic E-state index is 10.6. The molecule has 1 atom stereocenters. The number of benzene rings is 1. The maximum Gasteiger partial charge on any atom is 0.322 e. The van der Waals surface area contributed by atoms with Crippen molar-refractivity contribution in [1.29, 1.82) is 0 Å². The Hall–Kier alpha value is -1.81. The summed E-state index contributed by atoms with van der Waals surface area (Å²) < 4.78 is 1.86. The van der Waals surface area contributed by atoms with Crippen molar-refractivity contribution in [3.05, 3.63) is 36.5 Å². The van der Waals surface area contributed by atoms with Crippen LogP contribution in [0.5, 0.6) is 0 Å². The van der Waals surface area contributed by atoms with Gasteiger partial charge in [0.15, 0.2) is 0 Å². The van der Waals surface area contributed by atoms with E-state index in [1.54, 1.807) is 0 Å². The largest absolute Gasteiger partial charge is 0.480 e. The van der Waals surface area contributed by atoms with Gasteiger partial charge in [-0.15, -0.1) is 0 Å². The van der Waals surface area contributed by atoms with Gasteiger partial charge in [0, 0.05) is 18.3 Å². The molecule has 1 heterocycles. The van der Waals surface area contributed by atoms with Crippen LogP contribution in [0.4, 0.5) is 0 Å². The van der Waals surface area contributed by atoms with Gasteiger partial charge in [-0.1, -0.05) is 18.2 Å². The first-order chi connectivity index (χ1) is 7.18. The van der Waals surface area contributed by atoms with Gasteiger partial charge in [0.2, 0.25) is 0 Å². The first-order valence-corrected chi connectivity index (χ1v) is 4.71. The molecule has 0 aliphatic rings. The Morgan fingerprint density at radius 3 is 2.87 bits per heavy atom. The second-order valence-electron chi connectivity index (χ2n) is 3.47. The average Bonchev–Trinajstić information content (AvgIpc) is 2.62. The summed E-state index contributed by atoms with van der Waals surface area (Å²) in [5, 5.41) is 9.81. The SMILES string of the molecule is NC(Cn1ccc2ccccc21)C(=O)O. The molecule has 0 amide bonds. The van der Waals surface area contributed by atoms with Crippen LogP contribution in [0.2, 0.25) is 0 Å². The molecule has 0 saturated carbocycles. The molecule has 1 aromatic heterocycles. The number of carboxylic acid groups (broad SMARTS) is 1. The summed E-state index contributed by atoms with van der Waals surface area (Å²) in [5.41, 5.74) is 6.49. The van der Waals surface area contributed by atoms with Crippen molar-refractivity contribution in [3.8, 4) is 0 Å². The molecule has 0 aliphatic carbocycles. The monoisotopic (exact) mass is 204 g/mol. The van der Waals surface area contributed by atoms with Crippen LogP contribution in [0.25, 0.3) is 10.9 Å². The zero-order valence-electron chi connectivity index (χ0n) is 8.13. The molecule has 3 N–H and O–H groups in total. The maximum atomic E-state index is 10.6. The summed E-state index contributed by atoms with van der Waals surface area (Å²) in [7, 11) is 0. The molecule has 2 rings (SSSR count). The summed E-state index contributed by atoms with van der Waals surface area (Å²) >= 11 is 0. The lowest BCUT2D eigenvalue weighted by molar-refractivity contribution is -0.138. The van der Waals surface area contributed by atoms with Gasteiger partial charge >= 0.3 is 5.97 Å². The highest BCUT2D eigenvalue weighted by Gasteiger charge is 2.12. The van der Waals surface area contributed by atoms with E-state index in [2.05, 4.69) is 0 Å². The van der Waals surface area contributed by atoms with Crippen molar-refractivity contribution in [3.63, 3.8) is 0 Å². The number of carboxylic acids is 1. The van der Waals surface area contributed by atoms with E-state index >= 15 is 0 Å². The lowest BCUT2D eigenvalue weighted by Gasteiger charge is -2.08. The fraction of sp³-hybridized carbons (Fsp3) is 0.182. The molecular weight excluding hydrogens is 192 g/mol. The van der Waals surface area contributed by atoms with Gasteiger partial charge in [0.05, 0.1) is 0 Å². The van der Waals surface area contributed by atoms with E-state index in [0.29, 0.717) is 6.54 Å². The summed E-state index contributed by atoms with van der Waals surface area (Å²) in [6.45, 7) is 0.294. The number of rotatable bonds is 3. The molecule has 78 valence electrons. The van der Waals surface area contributed by atoms with Crippen molar-refractivity contribution in [2.45, 2.75) is 12.6 Å². The highest BCUT2D eigenvalue weighted by Crippen LogP contribution is 2.14. The predicted octanol–water partition coefficient (Wildman–Crippen LogP) is 1.05. The normalized spacial score (nSPS) is 12.9. The van der Waals surface area contributed by atoms with Crippen LogP contribution in [0.1, 0.15) is 0 Å². The molecule has 15 heavy (non-hydrogen) atoms. The average molecular weight is 204 g/mol. The molecule has 2 aromatic rings. The molecule has 0 saturated heterocycles. The number of hydrogen-bond donors (Lipinski definition) is 2. The van der Waals surface area contributed by atoms with Crippen LogP contribution >= 0.6 is 0 Å². The number of nitrogens with zero attached hydrogens (tertiary/aromatic N) is 1. The summed E-state index contributed by atoms with van der Waals surface area (Å²) in [5.74, 6) is -0.979. The van der Waals surface area contributed by atoms with Crippen LogP contribution in [0, 0.1) is 0 Å². The highest BCUT2D eigenvalue weighted by molar-refractivity contribution is 5.80. The first kappa shape index (κ1) is 9.73. The molecule has 1 unspecified atom stereocenters. The van der Waals surface area contributed by atoms with E-state index < -0.39 is 12.0 Å². The van der Waals surface area contributed by atoms with Crippen molar-refractivity contribution in [1.82, 2.24) is 4.57 Å². The minimum Gasteiger partial charge on any atom is -0.480 e. The quantitative estimate of drug-likeness (QED) is 0.785. The third-order valence-corrected chi connectivity index (χ3v) is 2.39. The Morgan fingerprint density at radius 1 is 1.40 bits per heavy atom. The molecule has 4 nitrogen and oxygen atoms in total. The molecule has 0 fully saturated rings. The van der Waals surface area contributed by atoms with E-state index in [4.69, 9.17) is 10.8 Å². The topological polar surface area (TPSA) is 68.2 Å². The number of nitrogens with two attached hydrogens (primary N) is 1. The Morgan fingerprint density at radius 2 is 2.13 bits per heavy atom. The molecular formula is C11H12N2O2. The van der Waals surface area contributed by atoms with Crippen LogP contribution < -0.4 is 5.73 Å². The van der Waals surface area contributed by atoms with Crippen LogP contribution in [-0.2, 0) is 11.3 Å². The lowest BCUT2D eigenvalue weighted by atomic mass is 10.2.